The normalized spacial score (nSPS) is 14.7. The van der Waals surface area contributed by atoms with Crippen LogP contribution in [-0.4, -0.2) is 48.9 Å². The molecule has 2 heterocycles. The highest BCUT2D eigenvalue weighted by molar-refractivity contribution is 6.01. The van der Waals surface area contributed by atoms with Crippen molar-refractivity contribution in [1.82, 2.24) is 10.2 Å². The minimum Gasteiger partial charge on any atom is -0.466 e. The average Bonchev–Trinajstić information content (AvgIpc) is 2.97. The Balaban J connectivity index is 1.61. The van der Waals surface area contributed by atoms with Crippen molar-refractivity contribution in [2.45, 2.75) is 26.7 Å². The van der Waals surface area contributed by atoms with Crippen molar-refractivity contribution in [2.24, 2.45) is 0 Å². The van der Waals surface area contributed by atoms with Crippen LogP contribution in [-0.2, 0) is 14.3 Å². The van der Waals surface area contributed by atoms with Crippen LogP contribution in [0, 0.1) is 13.8 Å². The molecule has 1 aliphatic heterocycles. The van der Waals surface area contributed by atoms with Gasteiger partial charge in [-0.05, 0) is 19.9 Å². The van der Waals surface area contributed by atoms with Crippen LogP contribution in [0.5, 0.6) is 0 Å². The van der Waals surface area contributed by atoms with E-state index in [1.54, 1.807) is 19.9 Å². The number of aryl methyl sites for hydroxylation is 2. The van der Waals surface area contributed by atoms with Crippen molar-refractivity contribution < 1.29 is 23.5 Å². The number of hydrogen-bond donors (Lipinski definition) is 1. The van der Waals surface area contributed by atoms with Crippen molar-refractivity contribution in [2.75, 3.05) is 26.3 Å². The molecule has 7 heteroatoms. The molecule has 7 nitrogen and oxygen atoms in total. The molecule has 0 aliphatic carbocycles. The summed E-state index contributed by atoms with van der Waals surface area (Å²) < 4.78 is 10.6. The van der Waals surface area contributed by atoms with Gasteiger partial charge in [-0.15, -0.1) is 0 Å². The summed E-state index contributed by atoms with van der Waals surface area (Å²) in [5, 5.41) is 2.73. The van der Waals surface area contributed by atoms with E-state index in [0.717, 1.165) is 0 Å². The highest BCUT2D eigenvalue weighted by atomic mass is 16.5. The molecule has 1 aromatic rings. The van der Waals surface area contributed by atoms with Crippen molar-refractivity contribution in [3.05, 3.63) is 23.2 Å². The predicted molar refractivity (Wildman–Crippen MR) is 77.3 cm³/mol. The molecule has 0 unspecified atom stereocenters. The number of amides is 3. The number of hydrogen-bond acceptors (Lipinski definition) is 5. The van der Waals surface area contributed by atoms with E-state index in [1.165, 1.54) is 4.90 Å². The van der Waals surface area contributed by atoms with Crippen molar-refractivity contribution in [3.63, 3.8) is 0 Å². The lowest BCUT2D eigenvalue weighted by Gasteiger charge is -2.13. The molecule has 1 aliphatic rings. The second kappa shape index (κ2) is 7.22. The predicted octanol–water partition coefficient (Wildman–Crippen LogP) is 0.792. The molecule has 0 spiro atoms. The molecule has 3 amide bonds. The number of imide groups is 1. The summed E-state index contributed by atoms with van der Waals surface area (Å²) in [4.78, 5) is 35.8. The first kappa shape index (κ1) is 16.2. The Morgan fingerprint density at radius 3 is 2.55 bits per heavy atom. The van der Waals surface area contributed by atoms with E-state index in [9.17, 15) is 14.4 Å². The molecule has 1 saturated heterocycles. The minimum absolute atomic E-state index is 0.146. The maximum absolute atomic E-state index is 11.9. The molecular weight excluding hydrogens is 288 g/mol. The quantitative estimate of drug-likeness (QED) is 0.594. The summed E-state index contributed by atoms with van der Waals surface area (Å²) in [6.07, 6.45) is 0.580. The monoisotopic (exact) mass is 308 g/mol. The van der Waals surface area contributed by atoms with E-state index in [-0.39, 0.29) is 30.9 Å². The van der Waals surface area contributed by atoms with E-state index in [1.807, 2.05) is 0 Å². The number of nitrogens with one attached hydrogen (secondary N) is 1. The summed E-state index contributed by atoms with van der Waals surface area (Å²) in [5.41, 5.74) is 0.519. The molecule has 1 N–H and O–H groups in total. The Morgan fingerprint density at radius 2 is 1.95 bits per heavy atom. The molecule has 0 saturated carbocycles. The molecule has 22 heavy (non-hydrogen) atoms. The number of carbonyl (C=O) groups excluding carboxylic acids is 3. The highest BCUT2D eigenvalue weighted by Gasteiger charge is 2.28. The van der Waals surface area contributed by atoms with Crippen LogP contribution in [0.1, 0.15) is 34.7 Å². The maximum atomic E-state index is 11.9. The lowest BCUT2D eigenvalue weighted by Crippen LogP contribution is -2.33. The molecule has 0 bridgehead atoms. The van der Waals surface area contributed by atoms with Crippen LogP contribution >= 0.6 is 0 Å². The lowest BCUT2D eigenvalue weighted by atomic mass is 10.2. The van der Waals surface area contributed by atoms with E-state index < -0.39 is 0 Å². The highest BCUT2D eigenvalue weighted by Crippen LogP contribution is 2.13. The molecule has 120 valence electrons. The van der Waals surface area contributed by atoms with Gasteiger partial charge in [0.2, 0.25) is 11.8 Å². The third kappa shape index (κ3) is 3.94. The lowest BCUT2D eigenvalue weighted by molar-refractivity contribution is -0.139. The summed E-state index contributed by atoms with van der Waals surface area (Å²) in [6, 6.07) is 1.69. The smallest absolute Gasteiger partial charge is 0.254 e. The summed E-state index contributed by atoms with van der Waals surface area (Å²) in [6.45, 7) is 4.74. The van der Waals surface area contributed by atoms with Crippen LogP contribution in [0.2, 0.25) is 0 Å². The van der Waals surface area contributed by atoms with E-state index >= 15 is 0 Å². The third-order valence-electron chi connectivity index (χ3n) is 3.43. The van der Waals surface area contributed by atoms with Gasteiger partial charge in [0.25, 0.3) is 5.91 Å². The van der Waals surface area contributed by atoms with Crippen LogP contribution < -0.4 is 5.32 Å². The number of carbonyl (C=O) groups is 3. The zero-order chi connectivity index (χ0) is 16.1. The second-order valence-electron chi connectivity index (χ2n) is 5.13. The van der Waals surface area contributed by atoms with Gasteiger partial charge in [0.1, 0.15) is 11.5 Å². The van der Waals surface area contributed by atoms with Gasteiger partial charge in [0.15, 0.2) is 0 Å². The molecule has 0 atom stereocenters. The fourth-order valence-corrected chi connectivity index (χ4v) is 2.32. The van der Waals surface area contributed by atoms with Crippen LogP contribution in [0.4, 0.5) is 0 Å². The number of likely N-dealkylation sites (tertiary alicyclic amines) is 1. The summed E-state index contributed by atoms with van der Waals surface area (Å²) in [7, 11) is 0. The average molecular weight is 308 g/mol. The zero-order valence-corrected chi connectivity index (χ0v) is 12.8. The van der Waals surface area contributed by atoms with E-state index in [4.69, 9.17) is 9.15 Å². The topological polar surface area (TPSA) is 88.9 Å². The molecular formula is C15H20N2O5. The Kier molecular flexibility index (Phi) is 5.32. The van der Waals surface area contributed by atoms with Crippen molar-refractivity contribution in [1.29, 1.82) is 0 Å². The Labute approximate surface area is 128 Å². The van der Waals surface area contributed by atoms with E-state index in [0.29, 0.717) is 43.1 Å². The SMILES string of the molecule is Cc1cc(C(=O)NCCOCCN2C(=O)CCC2=O)c(C)o1. The van der Waals surface area contributed by atoms with Gasteiger partial charge in [0, 0.05) is 19.4 Å². The van der Waals surface area contributed by atoms with Crippen molar-refractivity contribution in [3.8, 4) is 0 Å². The molecule has 0 radical (unpaired) electrons. The standard InChI is InChI=1S/C15H20N2O5/c1-10-9-12(11(2)22-10)15(20)16-5-7-21-8-6-17-13(18)3-4-14(17)19/h9H,3-8H2,1-2H3,(H,16,20). The van der Waals surface area contributed by atoms with Gasteiger partial charge >= 0.3 is 0 Å². The van der Waals surface area contributed by atoms with Crippen LogP contribution in [0.15, 0.2) is 10.5 Å². The molecule has 1 fully saturated rings. The Bertz CT molecular complexity index is 562. The first-order valence-electron chi connectivity index (χ1n) is 7.25. The van der Waals surface area contributed by atoms with Crippen LogP contribution in [0.25, 0.3) is 0 Å². The fourth-order valence-electron chi connectivity index (χ4n) is 2.32. The van der Waals surface area contributed by atoms with Gasteiger partial charge < -0.3 is 14.5 Å². The summed E-state index contributed by atoms with van der Waals surface area (Å²) >= 11 is 0. The van der Waals surface area contributed by atoms with Gasteiger partial charge in [0.05, 0.1) is 25.3 Å². The first-order valence-corrected chi connectivity index (χ1v) is 7.25. The maximum Gasteiger partial charge on any atom is 0.254 e. The number of furan rings is 1. The zero-order valence-electron chi connectivity index (χ0n) is 12.8. The van der Waals surface area contributed by atoms with Gasteiger partial charge in [-0.3, -0.25) is 19.3 Å². The Hall–Kier alpha value is -2.15. The number of ether oxygens (including phenoxy) is 1. The number of nitrogens with zero attached hydrogens (tertiary/aromatic N) is 1. The van der Waals surface area contributed by atoms with Crippen LogP contribution in [0.3, 0.4) is 0 Å². The van der Waals surface area contributed by atoms with Crippen molar-refractivity contribution >= 4 is 17.7 Å². The molecule has 0 aromatic carbocycles. The molecule has 1 aromatic heterocycles. The summed E-state index contributed by atoms with van der Waals surface area (Å²) in [5.74, 6) is 0.782. The van der Waals surface area contributed by atoms with Gasteiger partial charge in [-0.25, -0.2) is 0 Å². The second-order valence-corrected chi connectivity index (χ2v) is 5.13. The minimum atomic E-state index is -0.206. The van der Waals surface area contributed by atoms with E-state index in [2.05, 4.69) is 5.32 Å². The Morgan fingerprint density at radius 1 is 1.27 bits per heavy atom. The molecule has 2 rings (SSSR count). The number of rotatable bonds is 7. The van der Waals surface area contributed by atoms with Gasteiger partial charge in [-0.1, -0.05) is 0 Å². The first-order chi connectivity index (χ1) is 10.5. The van der Waals surface area contributed by atoms with Gasteiger partial charge in [-0.2, -0.15) is 0 Å². The fraction of sp³-hybridized carbons (Fsp3) is 0.533. The largest absolute Gasteiger partial charge is 0.466 e. The third-order valence-corrected chi connectivity index (χ3v) is 3.43.